The first kappa shape index (κ1) is 11.5. The molecule has 1 saturated heterocycles. The lowest BCUT2D eigenvalue weighted by atomic mass is 9.99. The molecule has 5 nitrogen and oxygen atoms in total. The van der Waals surface area contributed by atoms with Crippen LogP contribution in [0.3, 0.4) is 0 Å². The van der Waals surface area contributed by atoms with Crippen molar-refractivity contribution in [1.29, 1.82) is 0 Å². The number of rotatable bonds is 4. The summed E-state index contributed by atoms with van der Waals surface area (Å²) in [6, 6.07) is 0. The lowest BCUT2D eigenvalue weighted by molar-refractivity contribution is -0.132. The maximum atomic E-state index is 10.4. The Balaban J connectivity index is 2.79. The molecule has 1 rings (SSSR count). The summed E-state index contributed by atoms with van der Waals surface area (Å²) >= 11 is 0. The minimum Gasteiger partial charge on any atom is -0.478 e. The number of carboxylic acids is 2. The van der Waals surface area contributed by atoms with Crippen LogP contribution >= 0.6 is 0 Å². The average molecular weight is 212 g/mol. The second kappa shape index (κ2) is 4.75. The molecule has 82 valence electrons. The Morgan fingerprint density at radius 2 is 1.67 bits per heavy atom. The number of carbonyl (C=O) groups is 2. The van der Waals surface area contributed by atoms with Crippen molar-refractivity contribution in [2.45, 2.75) is 18.4 Å². The summed E-state index contributed by atoms with van der Waals surface area (Å²) in [5.74, 6) is -2.15. The number of hydrogen-bond donors (Lipinski definition) is 2. The molecular formula is C10H12O5. The van der Waals surface area contributed by atoms with Gasteiger partial charge in [-0.15, -0.1) is 0 Å². The van der Waals surface area contributed by atoms with Gasteiger partial charge >= 0.3 is 11.9 Å². The summed E-state index contributed by atoms with van der Waals surface area (Å²) in [7, 11) is 0. The van der Waals surface area contributed by atoms with Crippen LogP contribution in [0.5, 0.6) is 0 Å². The van der Waals surface area contributed by atoms with Crippen LogP contribution in [-0.4, -0.2) is 34.4 Å². The monoisotopic (exact) mass is 212 g/mol. The summed E-state index contributed by atoms with van der Waals surface area (Å²) in [5.41, 5.74) is -0.864. The number of carboxylic acid groups (broad SMARTS) is 2. The third-order valence-corrected chi connectivity index (χ3v) is 2.10. The van der Waals surface area contributed by atoms with E-state index in [-0.39, 0.29) is 0 Å². The summed E-state index contributed by atoms with van der Waals surface area (Å²) in [4.78, 5) is 20.7. The van der Waals surface area contributed by atoms with E-state index in [0.717, 1.165) is 18.6 Å². The Labute approximate surface area is 86.7 Å². The molecule has 1 heterocycles. The zero-order valence-electron chi connectivity index (χ0n) is 8.05. The molecule has 0 saturated carbocycles. The topological polar surface area (TPSA) is 83.8 Å². The first-order valence-electron chi connectivity index (χ1n) is 4.52. The van der Waals surface area contributed by atoms with Gasteiger partial charge in [0, 0.05) is 18.8 Å². The second-order valence-corrected chi connectivity index (χ2v) is 3.25. The maximum Gasteiger partial charge on any atom is 0.328 e. The fourth-order valence-corrected chi connectivity index (χ4v) is 1.43. The quantitative estimate of drug-likeness (QED) is 0.674. The molecule has 0 radical (unpaired) electrons. The van der Waals surface area contributed by atoms with Crippen LogP contribution < -0.4 is 0 Å². The van der Waals surface area contributed by atoms with Gasteiger partial charge in [0.1, 0.15) is 5.60 Å². The highest BCUT2D eigenvalue weighted by molar-refractivity contribution is 5.81. The van der Waals surface area contributed by atoms with E-state index in [4.69, 9.17) is 14.9 Å². The van der Waals surface area contributed by atoms with Gasteiger partial charge in [-0.25, -0.2) is 9.59 Å². The molecule has 0 amide bonds. The van der Waals surface area contributed by atoms with Gasteiger partial charge in [0.25, 0.3) is 0 Å². The molecule has 0 aromatic rings. The van der Waals surface area contributed by atoms with E-state index in [2.05, 4.69) is 0 Å². The normalized spacial score (nSPS) is 26.4. The molecule has 0 bridgehead atoms. The first-order chi connectivity index (χ1) is 7.04. The maximum absolute atomic E-state index is 10.4. The van der Waals surface area contributed by atoms with Crippen LogP contribution in [0, 0.1) is 0 Å². The van der Waals surface area contributed by atoms with E-state index in [1.807, 2.05) is 0 Å². The standard InChI is InChI=1S/C10H12O5/c11-8(12)2-5-10(4-1-7-15-10)6-3-9(13)14/h2-3,5-6H,1,4,7H2,(H,11,12)(H,13,14). The highest BCUT2D eigenvalue weighted by Gasteiger charge is 2.29. The Hall–Kier alpha value is -1.62. The molecule has 0 aliphatic carbocycles. The molecule has 0 aromatic carbocycles. The molecule has 15 heavy (non-hydrogen) atoms. The van der Waals surface area contributed by atoms with E-state index in [0.29, 0.717) is 13.0 Å². The van der Waals surface area contributed by atoms with Crippen molar-refractivity contribution >= 4 is 11.9 Å². The molecule has 1 fully saturated rings. The van der Waals surface area contributed by atoms with Crippen LogP contribution in [-0.2, 0) is 14.3 Å². The van der Waals surface area contributed by atoms with Gasteiger partial charge in [0.2, 0.25) is 0 Å². The average Bonchev–Trinajstić information content (AvgIpc) is 2.61. The molecule has 1 aliphatic rings. The number of ether oxygens (including phenoxy) is 1. The smallest absolute Gasteiger partial charge is 0.328 e. The molecule has 0 unspecified atom stereocenters. The van der Waals surface area contributed by atoms with Crippen molar-refractivity contribution in [3.05, 3.63) is 24.3 Å². The highest BCUT2D eigenvalue weighted by Crippen LogP contribution is 2.28. The third kappa shape index (κ3) is 3.55. The van der Waals surface area contributed by atoms with Gasteiger partial charge in [0.15, 0.2) is 0 Å². The van der Waals surface area contributed by atoms with Gasteiger partial charge in [-0.1, -0.05) is 0 Å². The van der Waals surface area contributed by atoms with Crippen molar-refractivity contribution in [2.75, 3.05) is 6.61 Å². The summed E-state index contributed by atoms with van der Waals surface area (Å²) < 4.78 is 5.34. The van der Waals surface area contributed by atoms with Crippen LogP contribution in [0.25, 0.3) is 0 Å². The van der Waals surface area contributed by atoms with E-state index in [1.54, 1.807) is 0 Å². The third-order valence-electron chi connectivity index (χ3n) is 2.10. The van der Waals surface area contributed by atoms with E-state index in [1.165, 1.54) is 12.2 Å². The van der Waals surface area contributed by atoms with Crippen molar-refractivity contribution in [3.63, 3.8) is 0 Å². The molecule has 5 heteroatoms. The van der Waals surface area contributed by atoms with Crippen LogP contribution in [0.1, 0.15) is 12.8 Å². The highest BCUT2D eigenvalue weighted by atomic mass is 16.5. The van der Waals surface area contributed by atoms with Crippen molar-refractivity contribution < 1.29 is 24.5 Å². The fourth-order valence-electron chi connectivity index (χ4n) is 1.43. The predicted molar refractivity (Wildman–Crippen MR) is 51.5 cm³/mol. The Kier molecular flexibility index (Phi) is 3.62. The van der Waals surface area contributed by atoms with Gasteiger partial charge in [0.05, 0.1) is 0 Å². The first-order valence-corrected chi connectivity index (χ1v) is 4.52. The minimum atomic E-state index is -1.08. The van der Waals surface area contributed by atoms with Gasteiger partial charge in [-0.2, -0.15) is 0 Å². The molecule has 0 atom stereocenters. The molecule has 1 aliphatic heterocycles. The fraction of sp³-hybridized carbons (Fsp3) is 0.400. The molecule has 0 spiro atoms. The van der Waals surface area contributed by atoms with Gasteiger partial charge in [-0.05, 0) is 25.0 Å². The summed E-state index contributed by atoms with van der Waals surface area (Å²) in [6.45, 7) is 0.508. The zero-order valence-corrected chi connectivity index (χ0v) is 8.05. The number of aliphatic carboxylic acids is 2. The van der Waals surface area contributed by atoms with Crippen LogP contribution in [0.4, 0.5) is 0 Å². The molecule has 0 aromatic heterocycles. The minimum absolute atomic E-state index is 0.508. The van der Waals surface area contributed by atoms with Crippen molar-refractivity contribution in [2.24, 2.45) is 0 Å². The lowest BCUT2D eigenvalue weighted by Crippen LogP contribution is -2.22. The predicted octanol–water partition coefficient (Wildman–Crippen LogP) is 0.817. The van der Waals surface area contributed by atoms with Gasteiger partial charge in [-0.3, -0.25) is 0 Å². The Bertz CT molecular complexity index is 284. The van der Waals surface area contributed by atoms with Crippen LogP contribution in [0.15, 0.2) is 24.3 Å². The van der Waals surface area contributed by atoms with E-state index in [9.17, 15) is 9.59 Å². The van der Waals surface area contributed by atoms with E-state index >= 15 is 0 Å². The second-order valence-electron chi connectivity index (χ2n) is 3.25. The largest absolute Gasteiger partial charge is 0.478 e. The summed E-state index contributed by atoms with van der Waals surface area (Å²) in [5, 5.41) is 17.0. The van der Waals surface area contributed by atoms with Gasteiger partial charge < -0.3 is 14.9 Å². The van der Waals surface area contributed by atoms with Crippen molar-refractivity contribution in [3.8, 4) is 0 Å². The summed E-state index contributed by atoms with van der Waals surface area (Å²) in [6.07, 6.45) is 6.08. The Morgan fingerprint density at radius 1 is 1.13 bits per heavy atom. The zero-order chi connectivity index (χ0) is 11.3. The molecule has 2 N–H and O–H groups in total. The van der Waals surface area contributed by atoms with E-state index < -0.39 is 17.5 Å². The number of hydrogen-bond acceptors (Lipinski definition) is 3. The molecular weight excluding hydrogens is 200 g/mol. The van der Waals surface area contributed by atoms with Crippen molar-refractivity contribution in [1.82, 2.24) is 0 Å². The van der Waals surface area contributed by atoms with Crippen LogP contribution in [0.2, 0.25) is 0 Å². The SMILES string of the molecule is O=C(O)C=CC1(C=CC(=O)O)CCCO1. The Morgan fingerprint density at radius 3 is 2.00 bits per heavy atom. The lowest BCUT2D eigenvalue weighted by Gasteiger charge is -2.19.